The molecule has 23 heavy (non-hydrogen) atoms. The Kier molecular flexibility index (Phi) is 4.43. The minimum absolute atomic E-state index is 0.139. The highest BCUT2D eigenvalue weighted by molar-refractivity contribution is 5.87. The van der Waals surface area contributed by atoms with Crippen LogP contribution in [0.25, 0.3) is 0 Å². The first kappa shape index (κ1) is 15.7. The van der Waals surface area contributed by atoms with E-state index >= 15 is 0 Å². The maximum atomic E-state index is 11.1. The molecule has 1 aliphatic heterocycles. The molecule has 1 atom stereocenters. The van der Waals surface area contributed by atoms with Gasteiger partial charge in [-0.25, -0.2) is 4.79 Å². The molecule has 1 saturated heterocycles. The van der Waals surface area contributed by atoms with Gasteiger partial charge < -0.3 is 9.63 Å². The first-order valence-electron chi connectivity index (χ1n) is 7.94. The first-order valence-corrected chi connectivity index (χ1v) is 7.94. The highest BCUT2D eigenvalue weighted by Gasteiger charge is 2.30. The van der Waals surface area contributed by atoms with E-state index in [1.54, 1.807) is 18.2 Å². The average Bonchev–Trinajstić information content (AvgIpc) is 3.16. The molecule has 1 fully saturated rings. The van der Waals surface area contributed by atoms with Crippen LogP contribution in [-0.2, 0) is 6.54 Å². The number of benzene rings is 1. The smallest absolute Gasteiger partial charge is 0.335 e. The lowest BCUT2D eigenvalue weighted by Gasteiger charge is -2.22. The summed E-state index contributed by atoms with van der Waals surface area (Å²) < 4.78 is 5.32. The predicted molar refractivity (Wildman–Crippen MR) is 84.2 cm³/mol. The van der Waals surface area contributed by atoms with Gasteiger partial charge in [0.05, 0.1) is 11.6 Å². The molecule has 6 heteroatoms. The van der Waals surface area contributed by atoms with Crippen LogP contribution in [-0.4, -0.2) is 32.7 Å². The molecule has 1 aromatic carbocycles. The van der Waals surface area contributed by atoms with Crippen LogP contribution < -0.4 is 0 Å². The van der Waals surface area contributed by atoms with Crippen LogP contribution in [0.2, 0.25) is 0 Å². The Morgan fingerprint density at radius 1 is 1.48 bits per heavy atom. The monoisotopic (exact) mass is 315 g/mol. The van der Waals surface area contributed by atoms with Gasteiger partial charge in [-0.05, 0) is 37.1 Å². The van der Waals surface area contributed by atoms with Gasteiger partial charge in [-0.3, -0.25) is 4.90 Å². The quantitative estimate of drug-likeness (QED) is 0.912. The largest absolute Gasteiger partial charge is 0.478 e. The molecular formula is C17H21N3O3. The van der Waals surface area contributed by atoms with Gasteiger partial charge in [0.15, 0.2) is 5.82 Å². The van der Waals surface area contributed by atoms with Gasteiger partial charge in [-0.15, -0.1) is 0 Å². The molecular weight excluding hydrogens is 294 g/mol. The van der Waals surface area contributed by atoms with Crippen molar-refractivity contribution in [2.24, 2.45) is 0 Å². The summed E-state index contributed by atoms with van der Waals surface area (Å²) in [5.41, 5.74) is 1.31. The number of carbonyl (C=O) groups is 1. The van der Waals surface area contributed by atoms with Crippen LogP contribution in [0.4, 0.5) is 0 Å². The lowest BCUT2D eigenvalue weighted by molar-refractivity contribution is 0.0696. The molecule has 6 nitrogen and oxygen atoms in total. The van der Waals surface area contributed by atoms with E-state index in [0.29, 0.717) is 18.0 Å². The number of aromatic nitrogens is 2. The summed E-state index contributed by atoms with van der Waals surface area (Å²) in [6.07, 6.45) is 2.07. The van der Waals surface area contributed by atoms with E-state index < -0.39 is 5.97 Å². The van der Waals surface area contributed by atoms with Gasteiger partial charge in [-0.1, -0.05) is 31.1 Å². The number of hydrogen-bond donors (Lipinski definition) is 1. The van der Waals surface area contributed by atoms with Crippen molar-refractivity contribution < 1.29 is 14.4 Å². The zero-order valence-corrected chi connectivity index (χ0v) is 13.4. The minimum atomic E-state index is -0.899. The van der Waals surface area contributed by atoms with Crippen molar-refractivity contribution in [3.8, 4) is 0 Å². The summed E-state index contributed by atoms with van der Waals surface area (Å²) in [5.74, 6) is 0.725. The third kappa shape index (κ3) is 3.42. The fourth-order valence-electron chi connectivity index (χ4n) is 2.96. The van der Waals surface area contributed by atoms with E-state index in [9.17, 15) is 4.79 Å². The molecule has 1 aliphatic rings. The number of rotatable bonds is 5. The second-order valence-electron chi connectivity index (χ2n) is 6.28. The summed E-state index contributed by atoms with van der Waals surface area (Å²) in [6.45, 7) is 5.70. The summed E-state index contributed by atoms with van der Waals surface area (Å²) >= 11 is 0. The Morgan fingerprint density at radius 3 is 3.00 bits per heavy atom. The van der Waals surface area contributed by atoms with E-state index in [-0.39, 0.29) is 12.0 Å². The van der Waals surface area contributed by atoms with Crippen LogP contribution in [0.5, 0.6) is 0 Å². The van der Waals surface area contributed by atoms with Gasteiger partial charge in [-0.2, -0.15) is 4.98 Å². The molecule has 1 unspecified atom stereocenters. The topological polar surface area (TPSA) is 79.5 Å². The van der Waals surface area contributed by atoms with Crippen LogP contribution in [0.3, 0.4) is 0 Å². The molecule has 1 aromatic heterocycles. The summed E-state index contributed by atoms with van der Waals surface area (Å²) in [4.78, 5) is 17.9. The fraction of sp³-hybridized carbons (Fsp3) is 0.471. The lowest BCUT2D eigenvalue weighted by Crippen LogP contribution is -2.23. The van der Waals surface area contributed by atoms with Crippen molar-refractivity contribution in [1.82, 2.24) is 15.0 Å². The van der Waals surface area contributed by atoms with Crippen LogP contribution in [0, 0.1) is 0 Å². The second kappa shape index (κ2) is 6.50. The molecule has 2 heterocycles. The Bertz CT molecular complexity index is 696. The summed E-state index contributed by atoms with van der Waals surface area (Å²) in [6, 6.07) is 7.22. The predicted octanol–water partition coefficient (Wildman–Crippen LogP) is 3.23. The SMILES string of the molecule is CC(C)c1nc(C2CCCN2Cc2cccc(C(=O)O)c2)no1. The van der Waals surface area contributed by atoms with Gasteiger partial charge in [0.1, 0.15) is 0 Å². The molecule has 122 valence electrons. The van der Waals surface area contributed by atoms with Crippen molar-refractivity contribution in [2.45, 2.75) is 45.2 Å². The Labute approximate surface area is 135 Å². The molecule has 1 N–H and O–H groups in total. The second-order valence-corrected chi connectivity index (χ2v) is 6.28. The van der Waals surface area contributed by atoms with Crippen LogP contribution >= 0.6 is 0 Å². The number of carboxylic acids is 1. The number of nitrogens with zero attached hydrogens (tertiary/aromatic N) is 3. The number of carboxylic acid groups (broad SMARTS) is 1. The number of likely N-dealkylation sites (tertiary alicyclic amines) is 1. The zero-order valence-electron chi connectivity index (χ0n) is 13.4. The average molecular weight is 315 g/mol. The first-order chi connectivity index (χ1) is 11.0. The molecule has 0 aliphatic carbocycles. The minimum Gasteiger partial charge on any atom is -0.478 e. The molecule has 3 rings (SSSR count). The van der Waals surface area contributed by atoms with Crippen molar-refractivity contribution in [3.05, 3.63) is 47.1 Å². The normalized spacial score (nSPS) is 18.7. The molecule has 0 radical (unpaired) electrons. The van der Waals surface area contributed by atoms with Crippen LogP contribution in [0.1, 0.15) is 66.3 Å². The van der Waals surface area contributed by atoms with E-state index in [0.717, 1.165) is 30.8 Å². The fourth-order valence-corrected chi connectivity index (χ4v) is 2.96. The summed E-state index contributed by atoms with van der Waals surface area (Å²) in [5, 5.41) is 13.2. The van der Waals surface area contributed by atoms with Crippen molar-refractivity contribution in [2.75, 3.05) is 6.54 Å². The molecule has 0 saturated carbocycles. The standard InChI is InChI=1S/C17H21N3O3/c1-11(2)16-18-15(19-23-16)14-7-4-8-20(14)10-12-5-3-6-13(9-12)17(21)22/h3,5-6,9,11,14H,4,7-8,10H2,1-2H3,(H,21,22). The third-order valence-electron chi connectivity index (χ3n) is 4.17. The highest BCUT2D eigenvalue weighted by atomic mass is 16.5. The number of hydrogen-bond acceptors (Lipinski definition) is 5. The van der Waals surface area contributed by atoms with E-state index in [2.05, 4.69) is 15.0 Å². The van der Waals surface area contributed by atoms with Crippen molar-refractivity contribution >= 4 is 5.97 Å². The lowest BCUT2D eigenvalue weighted by atomic mass is 10.1. The van der Waals surface area contributed by atoms with Gasteiger partial charge in [0.25, 0.3) is 0 Å². The van der Waals surface area contributed by atoms with Gasteiger partial charge in [0.2, 0.25) is 5.89 Å². The van der Waals surface area contributed by atoms with Gasteiger partial charge in [0, 0.05) is 12.5 Å². The Morgan fingerprint density at radius 2 is 2.30 bits per heavy atom. The molecule has 0 bridgehead atoms. The summed E-state index contributed by atoms with van der Waals surface area (Å²) in [7, 11) is 0. The Hall–Kier alpha value is -2.21. The van der Waals surface area contributed by atoms with Crippen molar-refractivity contribution in [3.63, 3.8) is 0 Å². The molecule has 0 spiro atoms. The molecule has 2 aromatic rings. The maximum Gasteiger partial charge on any atom is 0.335 e. The zero-order chi connectivity index (χ0) is 16.4. The maximum absolute atomic E-state index is 11.1. The molecule has 0 amide bonds. The van der Waals surface area contributed by atoms with Crippen LogP contribution in [0.15, 0.2) is 28.8 Å². The number of aromatic carboxylic acids is 1. The van der Waals surface area contributed by atoms with E-state index in [1.165, 1.54) is 0 Å². The van der Waals surface area contributed by atoms with E-state index in [1.807, 2.05) is 19.9 Å². The van der Waals surface area contributed by atoms with Gasteiger partial charge >= 0.3 is 5.97 Å². The Balaban J connectivity index is 1.76. The highest BCUT2D eigenvalue weighted by Crippen LogP contribution is 2.32. The van der Waals surface area contributed by atoms with Crippen molar-refractivity contribution in [1.29, 1.82) is 0 Å². The third-order valence-corrected chi connectivity index (χ3v) is 4.17. The van der Waals surface area contributed by atoms with E-state index in [4.69, 9.17) is 9.63 Å².